The molecule has 3 fully saturated rings. The Balaban J connectivity index is 1.77. The van der Waals surface area contributed by atoms with Crippen molar-refractivity contribution in [2.75, 3.05) is 33.7 Å². The number of rotatable bonds is 3. The number of halogens is 2. The predicted molar refractivity (Wildman–Crippen MR) is 91.3 cm³/mol. The highest BCUT2D eigenvalue weighted by atomic mass is 19.3. The largest absolute Gasteiger partial charge is 0.435 e. The van der Waals surface area contributed by atoms with E-state index in [1.807, 2.05) is 0 Å². The third-order valence-corrected chi connectivity index (χ3v) is 4.93. The van der Waals surface area contributed by atoms with Crippen molar-refractivity contribution in [2.45, 2.75) is 25.5 Å². The molecule has 0 unspecified atom stereocenters. The predicted octanol–water partition coefficient (Wildman–Crippen LogP) is 2.51. The van der Waals surface area contributed by atoms with Gasteiger partial charge in [0.25, 0.3) is 5.91 Å². The summed E-state index contributed by atoms with van der Waals surface area (Å²) in [6.07, 6.45) is 1.81. The fourth-order valence-electron chi connectivity index (χ4n) is 3.74. The van der Waals surface area contributed by atoms with E-state index < -0.39 is 6.61 Å². The molecule has 8 heteroatoms. The van der Waals surface area contributed by atoms with Crippen LogP contribution >= 0.6 is 0 Å². The van der Waals surface area contributed by atoms with Crippen molar-refractivity contribution in [1.29, 1.82) is 0 Å². The molecule has 3 amide bonds. The van der Waals surface area contributed by atoms with Crippen LogP contribution in [0.1, 0.15) is 23.2 Å². The second kappa shape index (κ2) is 7.47. The molecular weight excluding hydrogens is 344 g/mol. The number of urea groups is 1. The zero-order valence-corrected chi connectivity index (χ0v) is 14.9. The molecule has 0 aromatic heterocycles. The zero-order chi connectivity index (χ0) is 18.8. The van der Waals surface area contributed by atoms with Crippen molar-refractivity contribution in [3.05, 3.63) is 29.8 Å². The van der Waals surface area contributed by atoms with Crippen LogP contribution in [-0.2, 0) is 0 Å². The summed E-state index contributed by atoms with van der Waals surface area (Å²) in [4.78, 5) is 30.4. The monoisotopic (exact) mass is 367 g/mol. The number of alkyl halides is 2. The van der Waals surface area contributed by atoms with Crippen molar-refractivity contribution in [3.63, 3.8) is 0 Å². The summed E-state index contributed by atoms with van der Waals surface area (Å²) < 4.78 is 29.2. The Bertz CT molecular complexity index is 683. The van der Waals surface area contributed by atoms with Gasteiger partial charge in [-0.15, -0.1) is 0 Å². The lowest BCUT2D eigenvalue weighted by Crippen LogP contribution is -2.48. The molecule has 2 bridgehead atoms. The standard InChI is InChI=1S/C18H23F2N3O3/c1-21(2)18(25)22-9-12-6-7-14(11-22)23(10-12)16(24)13-4-3-5-15(8-13)26-17(19)20/h3-5,8,12,14,17H,6-7,9-11H2,1-2H3/t12-,14+/m0/s1. The average Bonchev–Trinajstić information content (AvgIpc) is 2.91. The molecule has 1 aromatic rings. The molecular formula is C18H23F2N3O3. The second-order valence-corrected chi connectivity index (χ2v) is 7.04. The Morgan fingerprint density at radius 3 is 2.65 bits per heavy atom. The van der Waals surface area contributed by atoms with Crippen LogP contribution in [0.2, 0.25) is 0 Å². The van der Waals surface area contributed by atoms with Crippen LogP contribution in [0.5, 0.6) is 5.75 Å². The number of piperidine rings is 1. The summed E-state index contributed by atoms with van der Waals surface area (Å²) >= 11 is 0. The highest BCUT2D eigenvalue weighted by Crippen LogP contribution is 2.30. The quantitative estimate of drug-likeness (QED) is 0.825. The molecule has 6 nitrogen and oxygen atoms in total. The first-order chi connectivity index (χ1) is 12.3. The maximum atomic E-state index is 13.0. The number of nitrogens with zero attached hydrogens (tertiary/aromatic N) is 3. The molecule has 142 valence electrons. The molecule has 3 aliphatic rings. The number of hydrogen-bond acceptors (Lipinski definition) is 3. The summed E-state index contributed by atoms with van der Waals surface area (Å²) in [5.41, 5.74) is 0.321. The van der Waals surface area contributed by atoms with Crippen LogP contribution in [0.4, 0.5) is 13.6 Å². The van der Waals surface area contributed by atoms with E-state index >= 15 is 0 Å². The van der Waals surface area contributed by atoms with E-state index in [4.69, 9.17) is 0 Å². The van der Waals surface area contributed by atoms with Crippen LogP contribution in [0.15, 0.2) is 24.3 Å². The van der Waals surface area contributed by atoms with E-state index in [9.17, 15) is 18.4 Å². The van der Waals surface area contributed by atoms with Gasteiger partial charge in [-0.1, -0.05) is 6.07 Å². The Labute approximate surface area is 151 Å². The van der Waals surface area contributed by atoms with E-state index in [0.717, 1.165) is 12.8 Å². The first-order valence-corrected chi connectivity index (χ1v) is 8.67. The summed E-state index contributed by atoms with van der Waals surface area (Å²) in [6.45, 7) is -1.24. The van der Waals surface area contributed by atoms with Crippen LogP contribution in [0.3, 0.4) is 0 Å². The Morgan fingerprint density at radius 2 is 1.96 bits per heavy atom. The second-order valence-electron chi connectivity index (χ2n) is 7.04. The van der Waals surface area contributed by atoms with Gasteiger partial charge in [-0.3, -0.25) is 4.79 Å². The third-order valence-electron chi connectivity index (χ3n) is 4.93. The smallest absolute Gasteiger partial charge is 0.387 e. The fraction of sp³-hybridized carbons (Fsp3) is 0.556. The molecule has 2 atom stereocenters. The molecule has 0 N–H and O–H groups in total. The number of carbonyl (C=O) groups excluding carboxylic acids is 2. The number of benzene rings is 1. The van der Waals surface area contributed by atoms with Gasteiger partial charge in [-0.2, -0.15) is 8.78 Å². The minimum atomic E-state index is -2.93. The maximum Gasteiger partial charge on any atom is 0.387 e. The van der Waals surface area contributed by atoms with Crippen molar-refractivity contribution in [3.8, 4) is 5.75 Å². The Hall–Kier alpha value is -2.38. The fourth-order valence-corrected chi connectivity index (χ4v) is 3.74. The van der Waals surface area contributed by atoms with Gasteiger partial charge in [0.05, 0.1) is 0 Å². The van der Waals surface area contributed by atoms with Crippen LogP contribution < -0.4 is 4.74 Å². The molecule has 0 aliphatic carbocycles. The highest BCUT2D eigenvalue weighted by Gasteiger charge is 2.39. The lowest BCUT2D eigenvalue weighted by molar-refractivity contribution is -0.0499. The third kappa shape index (κ3) is 3.89. The molecule has 4 rings (SSSR count). The van der Waals surface area contributed by atoms with Crippen LogP contribution in [0, 0.1) is 5.92 Å². The van der Waals surface area contributed by atoms with E-state index in [2.05, 4.69) is 4.74 Å². The molecule has 3 saturated heterocycles. The van der Waals surface area contributed by atoms with Gasteiger partial charge >= 0.3 is 12.6 Å². The van der Waals surface area contributed by atoms with Crippen LogP contribution in [0.25, 0.3) is 0 Å². The van der Waals surface area contributed by atoms with E-state index in [-0.39, 0.29) is 29.6 Å². The summed E-state index contributed by atoms with van der Waals surface area (Å²) in [5, 5.41) is 0. The molecule has 0 radical (unpaired) electrons. The van der Waals surface area contributed by atoms with Crippen molar-refractivity contribution in [1.82, 2.24) is 14.7 Å². The van der Waals surface area contributed by atoms with Gasteiger partial charge < -0.3 is 19.4 Å². The molecule has 3 heterocycles. The SMILES string of the molecule is CN(C)C(=O)N1C[C@@H]2CC[C@H](C1)N(C(=O)c1cccc(OC(F)F)c1)C2. The average molecular weight is 367 g/mol. The maximum absolute atomic E-state index is 13.0. The number of ether oxygens (including phenoxy) is 1. The number of hydrogen-bond donors (Lipinski definition) is 0. The van der Waals surface area contributed by atoms with Crippen LogP contribution in [-0.4, -0.2) is 73.0 Å². The van der Waals surface area contributed by atoms with Gasteiger partial charge in [-0.05, 0) is 37.0 Å². The lowest BCUT2D eigenvalue weighted by Gasteiger charge is -2.36. The zero-order valence-electron chi connectivity index (χ0n) is 14.9. The Kier molecular flexibility index (Phi) is 5.29. The minimum absolute atomic E-state index is 0.0322. The van der Waals surface area contributed by atoms with E-state index in [1.165, 1.54) is 18.2 Å². The summed E-state index contributed by atoms with van der Waals surface area (Å²) in [7, 11) is 3.43. The van der Waals surface area contributed by atoms with Gasteiger partial charge in [-0.25, -0.2) is 4.79 Å². The molecule has 0 saturated carbocycles. The highest BCUT2D eigenvalue weighted by molar-refractivity contribution is 5.95. The first-order valence-electron chi connectivity index (χ1n) is 8.67. The summed E-state index contributed by atoms with van der Waals surface area (Å²) in [6, 6.07) is 5.75. The van der Waals surface area contributed by atoms with E-state index in [1.54, 1.807) is 34.9 Å². The number of fused-ring (bicyclic) bond motifs is 4. The van der Waals surface area contributed by atoms with E-state index in [0.29, 0.717) is 25.2 Å². The minimum Gasteiger partial charge on any atom is -0.435 e. The van der Waals surface area contributed by atoms with Gasteiger partial charge in [0.1, 0.15) is 5.75 Å². The van der Waals surface area contributed by atoms with Gasteiger partial charge in [0.15, 0.2) is 0 Å². The van der Waals surface area contributed by atoms with Gasteiger partial charge in [0, 0.05) is 45.3 Å². The lowest BCUT2D eigenvalue weighted by atomic mass is 9.94. The number of carbonyl (C=O) groups is 2. The number of amides is 3. The van der Waals surface area contributed by atoms with Crippen molar-refractivity contribution >= 4 is 11.9 Å². The Morgan fingerprint density at radius 1 is 1.19 bits per heavy atom. The molecule has 0 spiro atoms. The van der Waals surface area contributed by atoms with Gasteiger partial charge in [0.2, 0.25) is 0 Å². The first kappa shape index (κ1) is 18.4. The molecule has 1 aromatic carbocycles. The summed E-state index contributed by atoms with van der Waals surface area (Å²) in [5.74, 6) is -0.0177. The topological polar surface area (TPSA) is 53.1 Å². The molecule has 26 heavy (non-hydrogen) atoms. The van der Waals surface area contributed by atoms with Crippen molar-refractivity contribution in [2.24, 2.45) is 5.92 Å². The van der Waals surface area contributed by atoms with Crippen molar-refractivity contribution < 1.29 is 23.1 Å². The molecule has 3 aliphatic heterocycles. The normalized spacial score (nSPS) is 22.3.